The number of amides is 4. The first-order chi connectivity index (χ1) is 19.2. The number of imidazole rings is 1. The van der Waals surface area contributed by atoms with Crippen molar-refractivity contribution in [2.45, 2.75) is 83.6 Å². The van der Waals surface area contributed by atoms with Gasteiger partial charge in [0.15, 0.2) is 0 Å². The minimum atomic E-state index is -1.49. The first kappa shape index (κ1) is 35.0. The van der Waals surface area contributed by atoms with Crippen LogP contribution in [0.2, 0.25) is 0 Å². The number of aromatic amines is 1. The largest absolute Gasteiger partial charge is 0.481 e. The number of carbonyl (C=O) groups is 6. The molecule has 41 heavy (non-hydrogen) atoms. The monoisotopic (exact) mass is 583 g/mol. The molecule has 10 N–H and O–H groups in total. The van der Waals surface area contributed by atoms with Crippen LogP contribution >= 0.6 is 0 Å². The number of aliphatic hydroxyl groups excluding tert-OH is 1. The second-order valence-corrected chi connectivity index (χ2v) is 10.4. The van der Waals surface area contributed by atoms with Gasteiger partial charge >= 0.3 is 11.9 Å². The fourth-order valence-electron chi connectivity index (χ4n) is 3.74. The number of carboxylic acid groups (broad SMARTS) is 2. The van der Waals surface area contributed by atoms with E-state index in [2.05, 4.69) is 31.2 Å². The van der Waals surface area contributed by atoms with Gasteiger partial charge in [-0.2, -0.15) is 0 Å². The van der Waals surface area contributed by atoms with Crippen molar-refractivity contribution >= 4 is 35.6 Å². The van der Waals surface area contributed by atoms with E-state index in [1.54, 1.807) is 13.8 Å². The predicted octanol–water partition coefficient (Wildman–Crippen LogP) is -2.14. The summed E-state index contributed by atoms with van der Waals surface area (Å²) in [4.78, 5) is 80.9. The molecule has 0 aliphatic heterocycles. The zero-order valence-electron chi connectivity index (χ0n) is 23.5. The lowest BCUT2D eigenvalue weighted by molar-refractivity contribution is -0.143. The molecule has 0 bridgehead atoms. The number of nitrogens with one attached hydrogen (secondary N) is 5. The summed E-state index contributed by atoms with van der Waals surface area (Å²) in [5.41, 5.74) is 6.07. The Morgan fingerprint density at radius 2 is 1.46 bits per heavy atom. The van der Waals surface area contributed by atoms with E-state index < -0.39 is 84.7 Å². The molecule has 1 aromatic heterocycles. The lowest BCUT2D eigenvalue weighted by atomic mass is 9.99. The lowest BCUT2D eigenvalue weighted by Crippen LogP contribution is -2.60. The fraction of sp³-hybridized carbons (Fsp3) is 0.640. The number of nitrogens with zero attached hydrogens (tertiary/aromatic N) is 1. The van der Waals surface area contributed by atoms with Gasteiger partial charge in [0.25, 0.3) is 0 Å². The second-order valence-electron chi connectivity index (χ2n) is 10.4. The molecular weight excluding hydrogens is 542 g/mol. The van der Waals surface area contributed by atoms with Gasteiger partial charge < -0.3 is 47.3 Å². The Morgan fingerprint density at radius 3 is 1.95 bits per heavy atom. The third kappa shape index (κ3) is 12.3. The van der Waals surface area contributed by atoms with Gasteiger partial charge in [0.05, 0.1) is 12.9 Å². The van der Waals surface area contributed by atoms with Crippen LogP contribution in [0.15, 0.2) is 12.5 Å². The number of nitrogens with two attached hydrogens (primary N) is 1. The van der Waals surface area contributed by atoms with Crippen molar-refractivity contribution in [1.82, 2.24) is 31.2 Å². The van der Waals surface area contributed by atoms with Crippen molar-refractivity contribution in [3.8, 4) is 0 Å². The first-order valence-corrected chi connectivity index (χ1v) is 13.2. The topological polar surface area (TPSA) is 266 Å². The number of aromatic nitrogens is 2. The van der Waals surface area contributed by atoms with Crippen LogP contribution in [0.25, 0.3) is 0 Å². The van der Waals surface area contributed by atoms with Crippen LogP contribution in [-0.2, 0) is 35.2 Å². The van der Waals surface area contributed by atoms with Crippen LogP contribution in [0.3, 0.4) is 0 Å². The van der Waals surface area contributed by atoms with Crippen molar-refractivity contribution < 1.29 is 44.1 Å². The number of hydrogen-bond acceptors (Lipinski definition) is 9. The maximum atomic E-state index is 13.3. The molecule has 5 atom stereocenters. The Bertz CT molecular complexity index is 1050. The van der Waals surface area contributed by atoms with Crippen LogP contribution < -0.4 is 27.0 Å². The Balaban J connectivity index is 3.11. The molecule has 0 radical (unpaired) electrons. The predicted molar refractivity (Wildman–Crippen MR) is 144 cm³/mol. The summed E-state index contributed by atoms with van der Waals surface area (Å²) in [5.74, 6) is -6.32. The number of aliphatic carboxylic acids is 2. The van der Waals surface area contributed by atoms with Gasteiger partial charge in [0, 0.05) is 24.7 Å². The van der Waals surface area contributed by atoms with Gasteiger partial charge in [0.2, 0.25) is 23.6 Å². The van der Waals surface area contributed by atoms with E-state index in [0.717, 1.165) is 0 Å². The highest BCUT2D eigenvalue weighted by Gasteiger charge is 2.33. The minimum absolute atomic E-state index is 0.0321. The summed E-state index contributed by atoms with van der Waals surface area (Å²) < 4.78 is 0. The van der Waals surface area contributed by atoms with E-state index >= 15 is 0 Å². The number of H-pyrrole nitrogens is 1. The van der Waals surface area contributed by atoms with Crippen LogP contribution in [-0.4, -0.2) is 97.7 Å². The third-order valence-corrected chi connectivity index (χ3v) is 5.99. The second kappa shape index (κ2) is 16.9. The summed E-state index contributed by atoms with van der Waals surface area (Å²) >= 11 is 0. The molecule has 16 heteroatoms. The molecule has 0 aliphatic rings. The van der Waals surface area contributed by atoms with Crippen molar-refractivity contribution in [2.24, 2.45) is 17.6 Å². The standard InChI is InChI=1S/C25H41N7O9/c1-12(2)7-17(31-22(37)18(8-14-9-27-11-28-14)30-21(36)15(26)10-33)23(38)32-20(13(3)4)24(39)29-16(25(40)41)5-6-19(34)35/h9,11-13,15-18,20,33H,5-8,10,26H2,1-4H3,(H,27,28)(H,29,39)(H,30,36)(H,31,37)(H,32,38)(H,34,35)(H,40,41)/t15-,16-,17-,18-,20-/m0/s1. The minimum Gasteiger partial charge on any atom is -0.481 e. The molecule has 1 rings (SSSR count). The van der Waals surface area contributed by atoms with Gasteiger partial charge in [-0.3, -0.25) is 24.0 Å². The molecule has 0 fully saturated rings. The van der Waals surface area contributed by atoms with Crippen molar-refractivity contribution in [2.75, 3.05) is 6.61 Å². The number of aliphatic hydroxyl groups is 1. The van der Waals surface area contributed by atoms with E-state index in [4.69, 9.17) is 10.8 Å². The molecule has 0 aliphatic carbocycles. The molecule has 0 unspecified atom stereocenters. The smallest absolute Gasteiger partial charge is 0.326 e. The van der Waals surface area contributed by atoms with Crippen molar-refractivity contribution in [3.63, 3.8) is 0 Å². The summed E-state index contributed by atoms with van der Waals surface area (Å²) in [7, 11) is 0. The molecule has 4 amide bonds. The lowest BCUT2D eigenvalue weighted by Gasteiger charge is -2.28. The van der Waals surface area contributed by atoms with Crippen molar-refractivity contribution in [3.05, 3.63) is 18.2 Å². The highest BCUT2D eigenvalue weighted by molar-refractivity contribution is 5.95. The molecule has 16 nitrogen and oxygen atoms in total. The van der Waals surface area contributed by atoms with Crippen LogP contribution in [0, 0.1) is 11.8 Å². The fourth-order valence-corrected chi connectivity index (χ4v) is 3.74. The van der Waals surface area contributed by atoms with E-state index in [0.29, 0.717) is 5.69 Å². The average molecular weight is 584 g/mol. The number of carboxylic acids is 2. The number of carbonyl (C=O) groups excluding carboxylic acids is 4. The Labute approximate surface area is 237 Å². The highest BCUT2D eigenvalue weighted by Crippen LogP contribution is 2.10. The van der Waals surface area contributed by atoms with Crippen LogP contribution in [0.4, 0.5) is 0 Å². The first-order valence-electron chi connectivity index (χ1n) is 13.2. The summed E-state index contributed by atoms with van der Waals surface area (Å²) in [6, 6.07) is -6.31. The normalized spacial score (nSPS) is 14.8. The van der Waals surface area contributed by atoms with Crippen LogP contribution in [0.1, 0.15) is 52.7 Å². The molecule has 0 spiro atoms. The highest BCUT2D eigenvalue weighted by atomic mass is 16.4. The molecular formula is C25H41N7O9. The molecule has 1 heterocycles. The summed E-state index contributed by atoms with van der Waals surface area (Å²) in [5, 5.41) is 37.3. The van der Waals surface area contributed by atoms with Gasteiger partial charge in [0.1, 0.15) is 30.2 Å². The molecule has 230 valence electrons. The van der Waals surface area contributed by atoms with Gasteiger partial charge in [-0.15, -0.1) is 0 Å². The molecule has 0 aromatic carbocycles. The van der Waals surface area contributed by atoms with E-state index in [-0.39, 0.29) is 25.2 Å². The SMILES string of the molecule is CC(C)C[C@H](NC(=O)[C@H](Cc1cnc[nH]1)NC(=O)[C@@H](N)CO)C(=O)N[C@H](C(=O)N[C@@H](CCC(=O)O)C(=O)O)C(C)C. The van der Waals surface area contributed by atoms with Gasteiger partial charge in [-0.25, -0.2) is 9.78 Å². The van der Waals surface area contributed by atoms with E-state index in [9.17, 15) is 39.0 Å². The number of hydrogen-bond donors (Lipinski definition) is 9. The maximum Gasteiger partial charge on any atom is 0.326 e. The van der Waals surface area contributed by atoms with Gasteiger partial charge in [-0.1, -0.05) is 27.7 Å². The molecule has 1 aromatic rings. The Morgan fingerprint density at radius 1 is 0.878 bits per heavy atom. The third-order valence-electron chi connectivity index (χ3n) is 5.99. The Hall–Kier alpha value is -4.05. The summed E-state index contributed by atoms with van der Waals surface area (Å²) in [6.07, 6.45) is 2.11. The Kier molecular flexibility index (Phi) is 14.4. The summed E-state index contributed by atoms with van der Waals surface area (Å²) in [6.45, 7) is 6.20. The zero-order valence-corrected chi connectivity index (χ0v) is 23.5. The average Bonchev–Trinajstić information content (AvgIpc) is 3.40. The zero-order chi connectivity index (χ0) is 31.3. The quantitative estimate of drug-likeness (QED) is 0.0900. The van der Waals surface area contributed by atoms with Crippen LogP contribution in [0.5, 0.6) is 0 Å². The molecule has 0 saturated carbocycles. The van der Waals surface area contributed by atoms with E-state index in [1.165, 1.54) is 12.5 Å². The maximum absolute atomic E-state index is 13.3. The van der Waals surface area contributed by atoms with E-state index in [1.807, 2.05) is 13.8 Å². The van der Waals surface area contributed by atoms with Gasteiger partial charge in [-0.05, 0) is 24.7 Å². The molecule has 0 saturated heterocycles. The number of rotatable bonds is 18. The van der Waals surface area contributed by atoms with Crippen molar-refractivity contribution in [1.29, 1.82) is 0 Å².